The van der Waals surface area contributed by atoms with E-state index < -0.39 is 0 Å². The van der Waals surface area contributed by atoms with Crippen LogP contribution in [0.4, 0.5) is 0 Å². The zero-order valence-electron chi connectivity index (χ0n) is 17.0. The van der Waals surface area contributed by atoms with Crippen LogP contribution in [-0.2, 0) is 6.42 Å². The summed E-state index contributed by atoms with van der Waals surface area (Å²) in [6.45, 7) is 0.896. The highest BCUT2D eigenvalue weighted by molar-refractivity contribution is 14.0. The summed E-state index contributed by atoms with van der Waals surface area (Å²) in [5, 5.41) is 9.89. The summed E-state index contributed by atoms with van der Waals surface area (Å²) in [5.74, 6) is 0.947. The normalized spacial score (nSPS) is 25.2. The Morgan fingerprint density at radius 3 is 2.54 bits per heavy atom. The van der Waals surface area contributed by atoms with E-state index in [2.05, 4.69) is 70.0 Å². The SMILES string of the molecule is CN=C(NCCc1cccc2ccccc12)NC1CC2CCCC(C1)N2C.I. The summed E-state index contributed by atoms with van der Waals surface area (Å²) in [7, 11) is 4.19. The third-order valence-corrected chi connectivity index (χ3v) is 6.47. The third-order valence-electron chi connectivity index (χ3n) is 6.47. The van der Waals surface area contributed by atoms with Gasteiger partial charge in [-0.2, -0.15) is 0 Å². The molecule has 2 N–H and O–H groups in total. The molecule has 2 heterocycles. The molecule has 4 nitrogen and oxygen atoms in total. The molecular formula is C23H33IN4. The monoisotopic (exact) mass is 492 g/mol. The van der Waals surface area contributed by atoms with Crippen molar-refractivity contribution in [2.45, 2.75) is 56.7 Å². The van der Waals surface area contributed by atoms with Crippen LogP contribution in [0.2, 0.25) is 0 Å². The van der Waals surface area contributed by atoms with Crippen LogP contribution in [0.5, 0.6) is 0 Å². The summed E-state index contributed by atoms with van der Waals surface area (Å²) in [6, 6.07) is 17.2. The van der Waals surface area contributed by atoms with Crippen LogP contribution >= 0.6 is 24.0 Å². The van der Waals surface area contributed by atoms with Crippen molar-refractivity contribution in [3.8, 4) is 0 Å². The molecule has 2 saturated heterocycles. The molecule has 2 aliphatic rings. The molecule has 0 spiro atoms. The van der Waals surface area contributed by atoms with Crippen LogP contribution in [-0.4, -0.2) is 49.6 Å². The summed E-state index contributed by atoms with van der Waals surface area (Å²) in [4.78, 5) is 7.08. The van der Waals surface area contributed by atoms with Crippen LogP contribution in [0.1, 0.15) is 37.7 Å². The molecule has 0 aliphatic carbocycles. The first-order valence-electron chi connectivity index (χ1n) is 10.4. The van der Waals surface area contributed by atoms with Gasteiger partial charge in [0.05, 0.1) is 0 Å². The van der Waals surface area contributed by atoms with E-state index in [1.807, 2.05) is 7.05 Å². The van der Waals surface area contributed by atoms with Crippen molar-refractivity contribution < 1.29 is 0 Å². The lowest BCUT2D eigenvalue weighted by Crippen LogP contribution is -2.56. The summed E-state index contributed by atoms with van der Waals surface area (Å²) in [6.07, 6.45) is 7.55. The van der Waals surface area contributed by atoms with Crippen molar-refractivity contribution in [2.75, 3.05) is 20.6 Å². The average Bonchev–Trinajstić information content (AvgIpc) is 2.68. The highest BCUT2D eigenvalue weighted by Gasteiger charge is 2.36. The minimum atomic E-state index is 0. The second-order valence-electron chi connectivity index (χ2n) is 8.10. The van der Waals surface area contributed by atoms with Gasteiger partial charge >= 0.3 is 0 Å². The van der Waals surface area contributed by atoms with Gasteiger partial charge in [0.2, 0.25) is 0 Å². The lowest BCUT2D eigenvalue weighted by atomic mass is 9.82. The third kappa shape index (κ3) is 4.79. The topological polar surface area (TPSA) is 39.7 Å². The van der Waals surface area contributed by atoms with Crippen LogP contribution in [0.15, 0.2) is 47.5 Å². The molecule has 4 rings (SSSR count). The molecule has 2 aliphatic heterocycles. The van der Waals surface area contributed by atoms with E-state index in [0.29, 0.717) is 6.04 Å². The largest absolute Gasteiger partial charge is 0.356 e. The van der Waals surface area contributed by atoms with Gasteiger partial charge in [-0.15, -0.1) is 24.0 Å². The first-order valence-corrected chi connectivity index (χ1v) is 10.4. The number of halogens is 1. The molecule has 0 aromatic heterocycles. The van der Waals surface area contributed by atoms with E-state index in [4.69, 9.17) is 0 Å². The van der Waals surface area contributed by atoms with Crippen molar-refractivity contribution in [2.24, 2.45) is 4.99 Å². The molecule has 152 valence electrons. The Morgan fingerprint density at radius 1 is 1.07 bits per heavy atom. The van der Waals surface area contributed by atoms with Crippen molar-refractivity contribution in [3.63, 3.8) is 0 Å². The second-order valence-corrected chi connectivity index (χ2v) is 8.10. The van der Waals surface area contributed by atoms with E-state index in [0.717, 1.165) is 31.0 Å². The molecule has 2 unspecified atom stereocenters. The zero-order chi connectivity index (χ0) is 18.6. The number of benzene rings is 2. The highest BCUT2D eigenvalue weighted by atomic mass is 127. The summed E-state index contributed by atoms with van der Waals surface area (Å²) in [5.41, 5.74) is 1.39. The fourth-order valence-electron chi connectivity index (χ4n) is 4.95. The van der Waals surface area contributed by atoms with Gasteiger partial charge in [0.1, 0.15) is 0 Å². The van der Waals surface area contributed by atoms with Crippen molar-refractivity contribution in [1.29, 1.82) is 0 Å². The Kier molecular flexibility index (Phi) is 7.57. The molecular weight excluding hydrogens is 459 g/mol. The number of piperidine rings is 2. The molecule has 2 bridgehead atoms. The molecule has 2 aromatic rings. The first kappa shape index (κ1) is 21.4. The zero-order valence-corrected chi connectivity index (χ0v) is 19.4. The number of hydrogen-bond acceptors (Lipinski definition) is 2. The van der Waals surface area contributed by atoms with E-state index in [-0.39, 0.29) is 24.0 Å². The average molecular weight is 492 g/mol. The smallest absolute Gasteiger partial charge is 0.191 e. The van der Waals surface area contributed by atoms with Gasteiger partial charge in [0, 0.05) is 31.7 Å². The van der Waals surface area contributed by atoms with Gasteiger partial charge in [-0.05, 0) is 55.5 Å². The van der Waals surface area contributed by atoms with Crippen LogP contribution < -0.4 is 10.6 Å². The highest BCUT2D eigenvalue weighted by Crippen LogP contribution is 2.32. The fraction of sp³-hybridized carbons (Fsp3) is 0.522. The number of hydrogen-bond donors (Lipinski definition) is 2. The van der Waals surface area contributed by atoms with Crippen LogP contribution in [0.3, 0.4) is 0 Å². The maximum absolute atomic E-state index is 4.47. The predicted octanol–water partition coefficient (Wildman–Crippen LogP) is 4.18. The van der Waals surface area contributed by atoms with Gasteiger partial charge in [-0.3, -0.25) is 4.99 Å². The maximum Gasteiger partial charge on any atom is 0.191 e. The molecule has 2 aromatic carbocycles. The van der Waals surface area contributed by atoms with Crippen LogP contribution in [0.25, 0.3) is 10.8 Å². The molecule has 28 heavy (non-hydrogen) atoms. The summed E-state index contributed by atoms with van der Waals surface area (Å²) >= 11 is 0. The number of nitrogens with one attached hydrogen (secondary N) is 2. The number of nitrogens with zero attached hydrogens (tertiary/aromatic N) is 2. The standard InChI is InChI=1S/C23H32N4.HI/c1-24-23(26-19-15-20-10-6-11-21(16-19)27(20)2)25-14-13-18-9-5-8-17-7-3-4-12-22(17)18;/h3-5,7-9,12,19-21H,6,10-11,13-16H2,1-2H3,(H2,24,25,26);1H. The van der Waals surface area contributed by atoms with E-state index in [1.54, 1.807) is 0 Å². The van der Waals surface area contributed by atoms with Gasteiger partial charge in [-0.25, -0.2) is 0 Å². The lowest BCUT2D eigenvalue weighted by molar-refractivity contribution is 0.0526. The minimum Gasteiger partial charge on any atom is -0.356 e. The second kappa shape index (κ2) is 9.92. The van der Waals surface area contributed by atoms with E-state index >= 15 is 0 Å². The number of fused-ring (bicyclic) bond motifs is 3. The maximum atomic E-state index is 4.47. The Labute approximate surface area is 186 Å². The van der Waals surface area contributed by atoms with Crippen LogP contribution in [0, 0.1) is 0 Å². The van der Waals surface area contributed by atoms with Gasteiger partial charge in [0.25, 0.3) is 0 Å². The lowest BCUT2D eigenvalue weighted by Gasteiger charge is -2.47. The molecule has 2 fully saturated rings. The van der Waals surface area contributed by atoms with Crippen molar-refractivity contribution in [3.05, 3.63) is 48.0 Å². The molecule has 5 heteroatoms. The van der Waals surface area contributed by atoms with Gasteiger partial charge in [-0.1, -0.05) is 48.9 Å². The van der Waals surface area contributed by atoms with E-state index in [1.165, 1.54) is 48.4 Å². The Morgan fingerprint density at radius 2 is 1.79 bits per heavy atom. The van der Waals surface area contributed by atoms with Crippen molar-refractivity contribution >= 4 is 40.7 Å². The molecule has 2 atom stereocenters. The van der Waals surface area contributed by atoms with E-state index in [9.17, 15) is 0 Å². The molecule has 0 saturated carbocycles. The quantitative estimate of drug-likeness (QED) is 0.382. The Hall–Kier alpha value is -1.34. The first-order chi connectivity index (χ1) is 13.2. The number of rotatable bonds is 4. The Bertz CT molecular complexity index is 787. The van der Waals surface area contributed by atoms with Crippen molar-refractivity contribution in [1.82, 2.24) is 15.5 Å². The van der Waals surface area contributed by atoms with Gasteiger partial charge in [0.15, 0.2) is 5.96 Å². The molecule has 0 amide bonds. The van der Waals surface area contributed by atoms with Gasteiger partial charge < -0.3 is 15.5 Å². The Balaban J connectivity index is 0.00000225. The minimum absolute atomic E-state index is 0. The fourth-order valence-corrected chi connectivity index (χ4v) is 4.95. The number of guanidine groups is 1. The predicted molar refractivity (Wildman–Crippen MR) is 130 cm³/mol. The number of aliphatic imine (C=N–C) groups is 1. The summed E-state index contributed by atoms with van der Waals surface area (Å²) < 4.78 is 0. The molecule has 0 radical (unpaired) electrons.